The summed E-state index contributed by atoms with van der Waals surface area (Å²) in [7, 11) is -1.59. The molecule has 1 unspecified atom stereocenters. The number of hydrogen-bond acceptors (Lipinski definition) is 4. The predicted octanol–water partition coefficient (Wildman–Crippen LogP) is 5.73. The quantitative estimate of drug-likeness (QED) is 0.430. The van der Waals surface area contributed by atoms with Crippen LogP contribution in [0.15, 0.2) is 54.6 Å². The molecular formula is C21H29ClNO4P. The highest BCUT2D eigenvalue weighted by atomic mass is 35.5. The van der Waals surface area contributed by atoms with Gasteiger partial charge in [-0.2, -0.15) is 0 Å². The van der Waals surface area contributed by atoms with E-state index in [1.807, 2.05) is 61.5 Å². The third-order valence-corrected chi connectivity index (χ3v) is 6.99. The Kier molecular flexibility index (Phi) is 8.69. The van der Waals surface area contributed by atoms with Gasteiger partial charge in [-0.05, 0) is 51.1 Å². The fraction of sp³-hybridized carbons (Fsp3) is 0.429. The molecule has 0 bridgehead atoms. The molecule has 1 atom stereocenters. The first kappa shape index (κ1) is 23.1. The van der Waals surface area contributed by atoms with Gasteiger partial charge in [0.15, 0.2) is 0 Å². The fourth-order valence-corrected chi connectivity index (χ4v) is 4.50. The van der Waals surface area contributed by atoms with Crippen molar-refractivity contribution in [1.29, 1.82) is 0 Å². The fourth-order valence-electron chi connectivity index (χ4n) is 2.92. The van der Waals surface area contributed by atoms with E-state index >= 15 is 0 Å². The zero-order chi connectivity index (χ0) is 20.6. The summed E-state index contributed by atoms with van der Waals surface area (Å²) < 4.78 is 31.6. The molecule has 0 saturated heterocycles. The van der Waals surface area contributed by atoms with Crippen molar-refractivity contribution in [2.45, 2.75) is 26.4 Å². The Morgan fingerprint density at radius 2 is 1.50 bits per heavy atom. The Morgan fingerprint density at radius 1 is 0.964 bits per heavy atom. The van der Waals surface area contributed by atoms with Crippen molar-refractivity contribution >= 4 is 19.3 Å². The highest BCUT2D eigenvalue weighted by molar-refractivity contribution is 7.51. The summed E-state index contributed by atoms with van der Waals surface area (Å²) in [6, 6.07) is 17.6. The lowest BCUT2D eigenvalue weighted by Gasteiger charge is -2.33. The summed E-state index contributed by atoms with van der Waals surface area (Å²) in [5.74, 6) is 0. The number of rotatable bonds is 11. The van der Waals surface area contributed by atoms with Crippen molar-refractivity contribution < 1.29 is 18.3 Å². The third kappa shape index (κ3) is 5.66. The first-order valence-electron chi connectivity index (χ1n) is 9.42. The molecule has 7 heteroatoms. The minimum atomic E-state index is -3.31. The van der Waals surface area contributed by atoms with E-state index in [-0.39, 0.29) is 0 Å². The zero-order valence-electron chi connectivity index (χ0n) is 16.9. The topological polar surface area (TPSA) is 48.0 Å². The molecule has 2 aromatic rings. The molecule has 0 fully saturated rings. The van der Waals surface area contributed by atoms with Gasteiger partial charge < -0.3 is 4.74 Å². The van der Waals surface area contributed by atoms with Crippen LogP contribution in [0.2, 0.25) is 5.02 Å². The highest BCUT2D eigenvalue weighted by Crippen LogP contribution is 2.50. The molecule has 5 nitrogen and oxygen atoms in total. The van der Waals surface area contributed by atoms with Gasteiger partial charge in [0, 0.05) is 11.6 Å². The lowest BCUT2D eigenvalue weighted by molar-refractivity contribution is -0.00906. The van der Waals surface area contributed by atoms with E-state index in [1.165, 1.54) is 0 Å². The molecule has 0 N–H and O–H groups in total. The molecule has 2 aromatic carbocycles. The standard InChI is InChI=1S/C21H29ClNO4P/c1-5-26-28(24,27-6-2)23(4)16-17-25-21(3,18-10-8-7-9-11-18)19-12-14-20(22)15-13-19/h7-15H,5-6,16-17H2,1-4H3. The minimum absolute atomic E-state index is 0.314. The summed E-state index contributed by atoms with van der Waals surface area (Å²) in [6.07, 6.45) is 0. The summed E-state index contributed by atoms with van der Waals surface area (Å²) >= 11 is 6.06. The van der Waals surface area contributed by atoms with Gasteiger partial charge in [-0.15, -0.1) is 0 Å². The predicted molar refractivity (Wildman–Crippen MR) is 114 cm³/mol. The summed E-state index contributed by atoms with van der Waals surface area (Å²) in [4.78, 5) is 0. The van der Waals surface area contributed by atoms with E-state index in [0.717, 1.165) is 11.1 Å². The second-order valence-corrected chi connectivity index (χ2v) is 9.01. The Morgan fingerprint density at radius 3 is 2.04 bits per heavy atom. The van der Waals surface area contributed by atoms with Crippen LogP contribution in [0.3, 0.4) is 0 Å². The van der Waals surface area contributed by atoms with Crippen molar-refractivity contribution in [2.24, 2.45) is 0 Å². The monoisotopic (exact) mass is 425 g/mol. The molecule has 0 radical (unpaired) electrons. The summed E-state index contributed by atoms with van der Waals surface area (Å²) in [5, 5.41) is 0.674. The van der Waals surface area contributed by atoms with Crippen molar-refractivity contribution in [2.75, 3.05) is 33.4 Å². The number of ether oxygens (including phenoxy) is 1. The van der Waals surface area contributed by atoms with Gasteiger partial charge in [0.25, 0.3) is 0 Å². The molecule has 0 saturated carbocycles. The van der Waals surface area contributed by atoms with E-state index < -0.39 is 13.3 Å². The SMILES string of the molecule is CCOP(=O)(OCC)N(C)CCOC(C)(c1ccccc1)c1ccc(Cl)cc1. The zero-order valence-corrected chi connectivity index (χ0v) is 18.6. The van der Waals surface area contributed by atoms with Gasteiger partial charge >= 0.3 is 7.75 Å². The lowest BCUT2D eigenvalue weighted by Crippen LogP contribution is -2.32. The number of hydrogen-bond donors (Lipinski definition) is 0. The maximum Gasteiger partial charge on any atom is 0.407 e. The number of nitrogens with zero attached hydrogens (tertiary/aromatic N) is 1. The van der Waals surface area contributed by atoms with Gasteiger partial charge in [-0.3, -0.25) is 9.05 Å². The Balaban J connectivity index is 2.18. The Bertz CT molecular complexity index is 762. The highest BCUT2D eigenvalue weighted by Gasteiger charge is 2.33. The molecule has 0 aliphatic rings. The van der Waals surface area contributed by atoms with E-state index in [2.05, 4.69) is 0 Å². The van der Waals surface area contributed by atoms with Crippen molar-refractivity contribution in [1.82, 2.24) is 4.67 Å². The van der Waals surface area contributed by atoms with Gasteiger partial charge in [-0.25, -0.2) is 9.24 Å². The van der Waals surface area contributed by atoms with Crippen LogP contribution in [0.5, 0.6) is 0 Å². The average molecular weight is 426 g/mol. The van der Waals surface area contributed by atoms with Gasteiger partial charge in [0.05, 0.1) is 19.8 Å². The van der Waals surface area contributed by atoms with Crippen LogP contribution in [-0.2, 0) is 24.0 Å². The van der Waals surface area contributed by atoms with Crippen molar-refractivity contribution in [3.05, 3.63) is 70.7 Å². The molecule has 2 rings (SSSR count). The van der Waals surface area contributed by atoms with Gasteiger partial charge in [0.1, 0.15) is 5.60 Å². The summed E-state index contributed by atoms with van der Waals surface area (Å²) in [6.45, 7) is 6.98. The van der Waals surface area contributed by atoms with Gasteiger partial charge in [-0.1, -0.05) is 54.1 Å². The van der Waals surface area contributed by atoms with Crippen LogP contribution in [-0.4, -0.2) is 38.1 Å². The molecule has 0 amide bonds. The molecule has 0 aliphatic heterocycles. The maximum atomic E-state index is 12.9. The second-order valence-electron chi connectivity index (χ2n) is 6.44. The Labute approximate surface area is 173 Å². The molecule has 154 valence electrons. The second kappa shape index (κ2) is 10.5. The molecule has 28 heavy (non-hydrogen) atoms. The van der Waals surface area contributed by atoms with Crippen molar-refractivity contribution in [3.63, 3.8) is 0 Å². The van der Waals surface area contributed by atoms with Crippen LogP contribution >= 0.6 is 19.3 Å². The molecule has 0 aliphatic carbocycles. The van der Waals surface area contributed by atoms with Crippen molar-refractivity contribution in [3.8, 4) is 0 Å². The van der Waals surface area contributed by atoms with E-state index in [0.29, 0.717) is 31.4 Å². The molecular weight excluding hydrogens is 397 g/mol. The van der Waals surface area contributed by atoms with Crippen LogP contribution in [0, 0.1) is 0 Å². The summed E-state index contributed by atoms with van der Waals surface area (Å²) in [5.41, 5.74) is 1.34. The molecule has 0 spiro atoms. The smallest absolute Gasteiger partial charge is 0.364 e. The molecule has 0 heterocycles. The van der Waals surface area contributed by atoms with Crippen LogP contribution in [0.1, 0.15) is 31.9 Å². The largest absolute Gasteiger partial charge is 0.407 e. The average Bonchev–Trinajstić information content (AvgIpc) is 2.69. The number of likely N-dealkylation sites (N-methyl/N-ethyl adjacent to an activating group) is 1. The van der Waals surface area contributed by atoms with E-state index in [4.69, 9.17) is 25.4 Å². The number of halogens is 1. The lowest BCUT2D eigenvalue weighted by atomic mass is 9.88. The van der Waals surface area contributed by atoms with Crippen LogP contribution in [0.25, 0.3) is 0 Å². The third-order valence-electron chi connectivity index (χ3n) is 4.53. The maximum absolute atomic E-state index is 12.9. The van der Waals surface area contributed by atoms with Crippen LogP contribution in [0.4, 0.5) is 0 Å². The first-order chi connectivity index (χ1) is 13.4. The Hall–Kier alpha value is -1.20. The normalized spacial score (nSPS) is 14.2. The van der Waals surface area contributed by atoms with E-state index in [9.17, 15) is 4.57 Å². The number of benzene rings is 2. The van der Waals surface area contributed by atoms with Crippen LogP contribution < -0.4 is 0 Å². The minimum Gasteiger partial charge on any atom is -0.364 e. The first-order valence-corrected chi connectivity index (χ1v) is 11.3. The molecule has 0 aromatic heterocycles. The van der Waals surface area contributed by atoms with Gasteiger partial charge in [0.2, 0.25) is 0 Å². The van der Waals surface area contributed by atoms with E-state index in [1.54, 1.807) is 25.6 Å².